The Balaban J connectivity index is 1.65. The van der Waals surface area contributed by atoms with Crippen molar-refractivity contribution in [1.82, 2.24) is 20.4 Å². The number of carbonyl (C=O) groups excluding carboxylic acids is 1. The normalized spacial score (nSPS) is 21.2. The lowest BCUT2D eigenvalue weighted by Crippen LogP contribution is -2.58. The first-order chi connectivity index (χ1) is 13.6. The number of carbonyl (C=O) groups is 1. The lowest BCUT2D eigenvalue weighted by molar-refractivity contribution is -0.168. The molecule has 0 unspecified atom stereocenters. The van der Waals surface area contributed by atoms with Crippen molar-refractivity contribution in [2.24, 2.45) is 5.41 Å². The van der Waals surface area contributed by atoms with Gasteiger partial charge >= 0.3 is 5.97 Å². The van der Waals surface area contributed by atoms with E-state index in [4.69, 9.17) is 10.1 Å². The van der Waals surface area contributed by atoms with E-state index in [1.807, 2.05) is 34.6 Å². The van der Waals surface area contributed by atoms with Crippen LogP contribution >= 0.6 is 0 Å². The molecule has 0 bridgehead atoms. The van der Waals surface area contributed by atoms with Gasteiger partial charge in [0.1, 0.15) is 17.3 Å². The molecule has 0 aromatic carbocycles. The Morgan fingerprint density at radius 1 is 1.38 bits per heavy atom. The van der Waals surface area contributed by atoms with Gasteiger partial charge in [-0.2, -0.15) is 5.26 Å². The molecular weight excluding hydrogens is 370 g/mol. The largest absolute Gasteiger partial charge is 0.370 e. The molecule has 2 aromatic heterocycles. The van der Waals surface area contributed by atoms with E-state index in [0.29, 0.717) is 29.5 Å². The predicted molar refractivity (Wildman–Crippen MR) is 110 cm³/mol. The van der Waals surface area contributed by atoms with E-state index in [9.17, 15) is 4.79 Å². The number of fused-ring (bicyclic) bond motifs is 1. The van der Waals surface area contributed by atoms with Crippen LogP contribution in [0.15, 0.2) is 12.3 Å². The topological polar surface area (TPSA) is 125 Å². The molecule has 154 valence electrons. The standard InChI is InChI=1S/C20H27N7O2/c1-6-22-16-15-12(7-13(10-21)24-16)11-23-18(26-15)25-14-8-20(5,9-14)27-29-17(28)19(2,3)4/h7,11,14,27H,6,8-9H2,1-5H3,(H,22,24)(H,23,25,26). The third kappa shape index (κ3) is 4.71. The summed E-state index contributed by atoms with van der Waals surface area (Å²) in [7, 11) is 0. The summed E-state index contributed by atoms with van der Waals surface area (Å²) < 4.78 is 0. The van der Waals surface area contributed by atoms with Gasteiger partial charge in [-0.1, -0.05) is 0 Å². The minimum absolute atomic E-state index is 0.159. The Kier molecular flexibility index (Phi) is 5.57. The van der Waals surface area contributed by atoms with Gasteiger partial charge in [0.2, 0.25) is 5.95 Å². The minimum Gasteiger partial charge on any atom is -0.370 e. The van der Waals surface area contributed by atoms with E-state index in [1.165, 1.54) is 0 Å². The van der Waals surface area contributed by atoms with E-state index in [0.717, 1.165) is 18.2 Å². The molecule has 1 aliphatic carbocycles. The summed E-state index contributed by atoms with van der Waals surface area (Å²) in [4.78, 5) is 30.4. The Hall–Kier alpha value is -2.99. The zero-order valence-corrected chi connectivity index (χ0v) is 17.5. The van der Waals surface area contributed by atoms with Gasteiger partial charge in [-0.25, -0.2) is 19.7 Å². The maximum absolute atomic E-state index is 11.9. The molecule has 3 N–H and O–H groups in total. The second-order valence-corrected chi connectivity index (χ2v) is 8.68. The average molecular weight is 397 g/mol. The van der Waals surface area contributed by atoms with Crippen LogP contribution in [0.4, 0.5) is 11.8 Å². The molecule has 9 heteroatoms. The van der Waals surface area contributed by atoms with E-state index in [1.54, 1.807) is 12.3 Å². The number of hydrogen-bond donors (Lipinski definition) is 3. The van der Waals surface area contributed by atoms with Gasteiger partial charge < -0.3 is 15.5 Å². The first kappa shape index (κ1) is 20.7. The van der Waals surface area contributed by atoms with E-state index < -0.39 is 5.41 Å². The first-order valence-electron chi connectivity index (χ1n) is 9.70. The molecule has 9 nitrogen and oxygen atoms in total. The fraction of sp³-hybridized carbons (Fsp3) is 0.550. The Morgan fingerprint density at radius 2 is 2.10 bits per heavy atom. The summed E-state index contributed by atoms with van der Waals surface area (Å²) in [6, 6.07) is 3.89. The van der Waals surface area contributed by atoms with Crippen LogP contribution in [-0.4, -0.2) is 39.0 Å². The number of aromatic nitrogens is 3. The van der Waals surface area contributed by atoms with Crippen molar-refractivity contribution in [1.29, 1.82) is 5.26 Å². The fourth-order valence-electron chi connectivity index (χ4n) is 3.18. The average Bonchev–Trinajstić information content (AvgIpc) is 2.64. The monoisotopic (exact) mass is 397 g/mol. The molecule has 0 amide bonds. The maximum atomic E-state index is 11.9. The fourth-order valence-corrected chi connectivity index (χ4v) is 3.18. The molecule has 0 saturated heterocycles. The molecular formula is C20H27N7O2. The van der Waals surface area contributed by atoms with Gasteiger partial charge in [-0.3, -0.25) is 0 Å². The summed E-state index contributed by atoms with van der Waals surface area (Å²) >= 11 is 0. The molecule has 0 aliphatic heterocycles. The molecule has 0 spiro atoms. The van der Waals surface area contributed by atoms with Crippen molar-refractivity contribution >= 4 is 28.6 Å². The minimum atomic E-state index is -0.548. The molecule has 2 aromatic rings. The smallest absolute Gasteiger partial charge is 0.330 e. The van der Waals surface area contributed by atoms with Crippen molar-refractivity contribution in [3.8, 4) is 6.07 Å². The van der Waals surface area contributed by atoms with Gasteiger partial charge in [-0.05, 0) is 53.5 Å². The van der Waals surface area contributed by atoms with Crippen LogP contribution in [0.3, 0.4) is 0 Å². The number of rotatable bonds is 6. The van der Waals surface area contributed by atoms with Crippen molar-refractivity contribution < 1.29 is 9.63 Å². The van der Waals surface area contributed by atoms with Crippen molar-refractivity contribution in [2.45, 2.75) is 59.0 Å². The number of nitrogens with one attached hydrogen (secondary N) is 3. The van der Waals surface area contributed by atoms with Crippen molar-refractivity contribution in [3.05, 3.63) is 18.0 Å². The number of pyridine rings is 1. The highest BCUT2D eigenvalue weighted by Crippen LogP contribution is 2.34. The lowest BCUT2D eigenvalue weighted by Gasteiger charge is -2.45. The number of nitriles is 1. The molecule has 1 fully saturated rings. The predicted octanol–water partition coefficient (Wildman–Crippen LogP) is 2.76. The summed E-state index contributed by atoms with van der Waals surface area (Å²) in [5, 5.41) is 16.4. The number of hydroxylamine groups is 1. The van der Waals surface area contributed by atoms with Gasteiger partial charge in [0.15, 0.2) is 5.82 Å². The zero-order valence-electron chi connectivity index (χ0n) is 17.5. The van der Waals surface area contributed by atoms with Crippen LogP contribution in [0.1, 0.15) is 53.2 Å². The number of nitrogens with zero attached hydrogens (tertiary/aromatic N) is 4. The molecule has 0 radical (unpaired) electrons. The SMILES string of the molecule is CCNc1nc(C#N)cc2cnc(NC3CC(C)(NOC(=O)C(C)(C)C)C3)nc12. The van der Waals surface area contributed by atoms with Gasteiger partial charge in [0.05, 0.1) is 11.0 Å². The van der Waals surface area contributed by atoms with Crippen LogP contribution < -0.4 is 16.1 Å². The van der Waals surface area contributed by atoms with Crippen LogP contribution in [-0.2, 0) is 9.63 Å². The molecule has 3 rings (SSSR count). The summed E-state index contributed by atoms with van der Waals surface area (Å²) in [5.41, 5.74) is 3.06. The molecule has 2 heterocycles. The number of anilines is 2. The Bertz CT molecular complexity index is 956. The second-order valence-electron chi connectivity index (χ2n) is 8.68. The molecule has 29 heavy (non-hydrogen) atoms. The maximum Gasteiger partial charge on any atom is 0.330 e. The van der Waals surface area contributed by atoms with Gasteiger partial charge in [0, 0.05) is 24.2 Å². The van der Waals surface area contributed by atoms with E-state index in [2.05, 4.69) is 37.1 Å². The Labute approximate surface area is 170 Å². The summed E-state index contributed by atoms with van der Waals surface area (Å²) in [5.74, 6) is 0.788. The molecule has 0 atom stereocenters. The third-order valence-electron chi connectivity index (χ3n) is 4.75. The second kappa shape index (κ2) is 7.79. The summed E-state index contributed by atoms with van der Waals surface area (Å²) in [6.45, 7) is 10.1. The van der Waals surface area contributed by atoms with Crippen LogP contribution in [0, 0.1) is 16.7 Å². The van der Waals surface area contributed by atoms with Crippen LogP contribution in [0.5, 0.6) is 0 Å². The third-order valence-corrected chi connectivity index (χ3v) is 4.75. The number of hydrogen-bond acceptors (Lipinski definition) is 9. The highest BCUT2D eigenvalue weighted by atomic mass is 16.7. The zero-order chi connectivity index (χ0) is 21.2. The highest BCUT2D eigenvalue weighted by Gasteiger charge is 2.42. The van der Waals surface area contributed by atoms with Gasteiger partial charge in [0.25, 0.3) is 0 Å². The highest BCUT2D eigenvalue weighted by molar-refractivity contribution is 5.89. The van der Waals surface area contributed by atoms with E-state index >= 15 is 0 Å². The van der Waals surface area contributed by atoms with Crippen molar-refractivity contribution in [3.63, 3.8) is 0 Å². The molecule has 1 aliphatic rings. The molecule has 1 saturated carbocycles. The van der Waals surface area contributed by atoms with Crippen molar-refractivity contribution in [2.75, 3.05) is 17.2 Å². The van der Waals surface area contributed by atoms with Crippen LogP contribution in [0.25, 0.3) is 10.9 Å². The Morgan fingerprint density at radius 3 is 2.72 bits per heavy atom. The van der Waals surface area contributed by atoms with Gasteiger partial charge in [-0.15, -0.1) is 5.48 Å². The first-order valence-corrected chi connectivity index (χ1v) is 9.70. The lowest BCUT2D eigenvalue weighted by atomic mass is 9.75. The van der Waals surface area contributed by atoms with E-state index in [-0.39, 0.29) is 17.6 Å². The quantitative estimate of drug-likeness (QED) is 0.631. The summed E-state index contributed by atoms with van der Waals surface area (Å²) in [6.07, 6.45) is 3.21. The van der Waals surface area contributed by atoms with Crippen LogP contribution in [0.2, 0.25) is 0 Å².